The van der Waals surface area contributed by atoms with Crippen molar-refractivity contribution in [3.8, 4) is 0 Å². The summed E-state index contributed by atoms with van der Waals surface area (Å²) in [7, 11) is 0. The Morgan fingerprint density at radius 2 is 1.83 bits per heavy atom. The van der Waals surface area contributed by atoms with Crippen molar-refractivity contribution in [3.63, 3.8) is 0 Å². The largest absolute Gasteiger partial charge is 0.381 e. The first-order valence-corrected chi connectivity index (χ1v) is 12.1. The van der Waals surface area contributed by atoms with Crippen LogP contribution in [0.2, 0.25) is 0 Å². The summed E-state index contributed by atoms with van der Waals surface area (Å²) in [5.41, 5.74) is 5.90. The van der Waals surface area contributed by atoms with Crippen LogP contribution in [0.5, 0.6) is 0 Å². The number of imidazole rings is 1. The molecule has 1 saturated carbocycles. The summed E-state index contributed by atoms with van der Waals surface area (Å²) in [6.07, 6.45) is 4.73. The molecular formula is C24H28F3N7O2. The number of carbonyl (C=O) groups is 1. The molecule has 5 rings (SSSR count). The molecule has 36 heavy (non-hydrogen) atoms. The smallest absolute Gasteiger partial charge is 0.224 e. The maximum absolute atomic E-state index is 14.4. The van der Waals surface area contributed by atoms with E-state index in [2.05, 4.69) is 27.5 Å². The van der Waals surface area contributed by atoms with Crippen LogP contribution in [-0.4, -0.2) is 44.7 Å². The fourth-order valence-corrected chi connectivity index (χ4v) is 5.05. The number of benzene rings is 1. The summed E-state index contributed by atoms with van der Waals surface area (Å²) >= 11 is 0. The Kier molecular flexibility index (Phi) is 6.69. The molecule has 4 N–H and O–H groups in total. The third-order valence-electron chi connectivity index (χ3n) is 7.10. The third-order valence-corrected chi connectivity index (χ3v) is 7.10. The molecule has 0 unspecified atom stereocenters. The predicted molar refractivity (Wildman–Crippen MR) is 127 cm³/mol. The van der Waals surface area contributed by atoms with Gasteiger partial charge in [-0.15, -0.1) is 0 Å². The van der Waals surface area contributed by atoms with Gasteiger partial charge in [0.15, 0.2) is 17.3 Å². The van der Waals surface area contributed by atoms with Crippen LogP contribution in [-0.2, 0) is 9.53 Å². The number of primary amides is 1. The molecule has 0 bridgehead atoms. The highest BCUT2D eigenvalue weighted by Crippen LogP contribution is 2.37. The zero-order chi connectivity index (χ0) is 25.4. The molecule has 1 saturated heterocycles. The molecule has 1 amide bonds. The van der Waals surface area contributed by atoms with Gasteiger partial charge in [-0.25, -0.2) is 23.1 Å². The highest BCUT2D eigenvalue weighted by molar-refractivity contribution is 5.78. The molecule has 1 aliphatic heterocycles. The van der Waals surface area contributed by atoms with Gasteiger partial charge in [0, 0.05) is 36.7 Å². The summed E-state index contributed by atoms with van der Waals surface area (Å²) in [6, 6.07) is 1.20. The van der Waals surface area contributed by atoms with Crippen molar-refractivity contribution >= 4 is 34.7 Å². The third kappa shape index (κ3) is 4.81. The summed E-state index contributed by atoms with van der Waals surface area (Å²) in [4.78, 5) is 25.3. The molecule has 192 valence electrons. The number of nitrogens with one attached hydrogen (secondary N) is 2. The summed E-state index contributed by atoms with van der Waals surface area (Å²) in [6.45, 7) is 3.38. The second-order valence-corrected chi connectivity index (χ2v) is 9.58. The molecule has 3 heterocycles. The minimum Gasteiger partial charge on any atom is -0.381 e. The van der Waals surface area contributed by atoms with Crippen LogP contribution >= 0.6 is 0 Å². The van der Waals surface area contributed by atoms with Crippen molar-refractivity contribution in [1.82, 2.24) is 19.5 Å². The second-order valence-electron chi connectivity index (χ2n) is 9.58. The molecule has 2 aliphatic rings. The SMILES string of the molecule is C[C@H]1COCC[C@@H]1Nc1ncc2nc(Nc3c(F)cc(F)cc3F)n([C@H]3CC[C@@H](C(N)=O)CC3)c2n1. The lowest BCUT2D eigenvalue weighted by atomic mass is 9.85. The maximum atomic E-state index is 14.4. The van der Waals surface area contributed by atoms with E-state index in [-0.39, 0.29) is 35.8 Å². The molecular weight excluding hydrogens is 475 g/mol. The topological polar surface area (TPSA) is 120 Å². The van der Waals surface area contributed by atoms with Gasteiger partial charge in [-0.1, -0.05) is 6.92 Å². The number of anilines is 3. The number of aromatic nitrogens is 4. The van der Waals surface area contributed by atoms with E-state index in [0.717, 1.165) is 6.42 Å². The number of hydrogen-bond acceptors (Lipinski definition) is 7. The highest BCUT2D eigenvalue weighted by atomic mass is 19.1. The molecule has 2 fully saturated rings. The van der Waals surface area contributed by atoms with Gasteiger partial charge in [-0.2, -0.15) is 4.98 Å². The maximum Gasteiger partial charge on any atom is 0.224 e. The Hall–Kier alpha value is -3.41. The van der Waals surface area contributed by atoms with Crippen LogP contribution in [0.3, 0.4) is 0 Å². The number of amides is 1. The van der Waals surface area contributed by atoms with E-state index in [0.29, 0.717) is 68.1 Å². The van der Waals surface area contributed by atoms with E-state index in [9.17, 15) is 18.0 Å². The van der Waals surface area contributed by atoms with E-state index in [1.165, 1.54) is 0 Å². The van der Waals surface area contributed by atoms with Gasteiger partial charge < -0.3 is 21.1 Å². The van der Waals surface area contributed by atoms with Crippen molar-refractivity contribution in [2.75, 3.05) is 23.8 Å². The van der Waals surface area contributed by atoms with Crippen molar-refractivity contribution in [3.05, 3.63) is 35.8 Å². The zero-order valence-electron chi connectivity index (χ0n) is 19.8. The molecule has 0 spiro atoms. The molecule has 2 aromatic heterocycles. The van der Waals surface area contributed by atoms with Crippen LogP contribution in [0.4, 0.5) is 30.8 Å². The standard InChI is InChI=1S/C24H28F3N7O2/c1-12-11-36-7-6-18(12)30-23-29-10-19-22(33-23)34(15-4-2-13(3-5-15)21(28)35)24(31-19)32-20-16(26)8-14(25)9-17(20)27/h8-10,12-13,15,18H,2-7,11H2,1H3,(H2,28,35)(H,31,32)(H,29,30,33)/t12-,13-,15+,18-/m0/s1. The number of nitrogens with zero attached hydrogens (tertiary/aromatic N) is 4. The monoisotopic (exact) mass is 503 g/mol. The number of rotatable bonds is 6. The molecule has 9 nitrogen and oxygen atoms in total. The number of fused-ring (bicyclic) bond motifs is 1. The summed E-state index contributed by atoms with van der Waals surface area (Å²) < 4.78 is 49.6. The first-order chi connectivity index (χ1) is 17.3. The van der Waals surface area contributed by atoms with E-state index in [1.54, 1.807) is 10.8 Å². The van der Waals surface area contributed by atoms with Gasteiger partial charge in [-0.05, 0) is 38.0 Å². The molecule has 1 aliphatic carbocycles. The van der Waals surface area contributed by atoms with Crippen LogP contribution in [0.25, 0.3) is 11.2 Å². The molecule has 1 aromatic carbocycles. The predicted octanol–water partition coefficient (Wildman–Crippen LogP) is 4.04. The number of carbonyl (C=O) groups excluding carboxylic acids is 1. The van der Waals surface area contributed by atoms with E-state index in [4.69, 9.17) is 15.5 Å². The average Bonchev–Trinajstić information content (AvgIpc) is 3.20. The Morgan fingerprint density at radius 1 is 1.11 bits per heavy atom. The van der Waals surface area contributed by atoms with E-state index < -0.39 is 23.1 Å². The van der Waals surface area contributed by atoms with Crippen molar-refractivity contribution in [2.45, 2.75) is 51.1 Å². The van der Waals surface area contributed by atoms with Crippen LogP contribution in [0.15, 0.2) is 18.3 Å². The molecule has 3 aromatic rings. The lowest BCUT2D eigenvalue weighted by Crippen LogP contribution is -2.36. The number of ether oxygens (including phenoxy) is 1. The minimum atomic E-state index is -1.08. The van der Waals surface area contributed by atoms with Crippen LogP contribution < -0.4 is 16.4 Å². The summed E-state index contributed by atoms with van der Waals surface area (Å²) in [5.74, 6) is -2.89. The zero-order valence-corrected chi connectivity index (χ0v) is 19.8. The van der Waals surface area contributed by atoms with E-state index >= 15 is 0 Å². The first-order valence-electron chi connectivity index (χ1n) is 12.1. The van der Waals surface area contributed by atoms with Gasteiger partial charge >= 0.3 is 0 Å². The van der Waals surface area contributed by atoms with Gasteiger partial charge in [0.25, 0.3) is 0 Å². The second kappa shape index (κ2) is 9.92. The minimum absolute atomic E-state index is 0.138. The highest BCUT2D eigenvalue weighted by Gasteiger charge is 2.30. The Labute approximate surface area is 205 Å². The molecule has 2 atom stereocenters. The lowest BCUT2D eigenvalue weighted by molar-refractivity contribution is -0.122. The lowest BCUT2D eigenvalue weighted by Gasteiger charge is -2.30. The fraction of sp³-hybridized carbons (Fsp3) is 0.500. The molecule has 0 radical (unpaired) electrons. The van der Waals surface area contributed by atoms with E-state index in [1.807, 2.05) is 0 Å². The normalized spacial score (nSPS) is 24.6. The van der Waals surface area contributed by atoms with Crippen molar-refractivity contribution in [2.24, 2.45) is 17.6 Å². The van der Waals surface area contributed by atoms with Crippen LogP contribution in [0, 0.1) is 29.3 Å². The first kappa shape index (κ1) is 24.3. The molecule has 12 heteroatoms. The average molecular weight is 504 g/mol. The van der Waals surface area contributed by atoms with Crippen LogP contribution in [0.1, 0.15) is 45.1 Å². The number of halogens is 3. The Morgan fingerprint density at radius 3 is 2.50 bits per heavy atom. The Bertz CT molecular complexity index is 1250. The van der Waals surface area contributed by atoms with Crippen molar-refractivity contribution in [1.29, 1.82) is 0 Å². The van der Waals surface area contributed by atoms with Gasteiger partial charge in [0.05, 0.1) is 12.8 Å². The fourth-order valence-electron chi connectivity index (χ4n) is 5.05. The summed E-state index contributed by atoms with van der Waals surface area (Å²) in [5, 5.41) is 6.08. The number of nitrogens with two attached hydrogens (primary N) is 1. The van der Waals surface area contributed by atoms with Gasteiger partial charge in [0.1, 0.15) is 17.0 Å². The van der Waals surface area contributed by atoms with Gasteiger partial charge in [0.2, 0.25) is 17.8 Å². The number of hydrogen-bond donors (Lipinski definition) is 3. The van der Waals surface area contributed by atoms with Gasteiger partial charge in [-0.3, -0.25) is 9.36 Å². The quantitative estimate of drug-likeness (QED) is 0.464. The van der Waals surface area contributed by atoms with Crippen molar-refractivity contribution < 1.29 is 22.7 Å². The Balaban J connectivity index is 1.53.